The van der Waals surface area contributed by atoms with Gasteiger partial charge in [0.15, 0.2) is 0 Å². The molecule has 0 heterocycles. The van der Waals surface area contributed by atoms with Gasteiger partial charge in [0.1, 0.15) is 0 Å². The summed E-state index contributed by atoms with van der Waals surface area (Å²) >= 11 is 0. The smallest absolute Gasteiger partial charge is 0.0163 e. The van der Waals surface area contributed by atoms with Gasteiger partial charge in [0, 0.05) is 0 Å². The van der Waals surface area contributed by atoms with Gasteiger partial charge in [-0.1, -0.05) is 42.5 Å². The Morgan fingerprint density at radius 3 is 2.75 bits per heavy atom. The molecule has 0 fully saturated rings. The molecule has 0 N–H and O–H groups in total. The lowest BCUT2D eigenvalue weighted by molar-refractivity contribution is 0.854. The van der Waals surface area contributed by atoms with Gasteiger partial charge in [-0.15, -0.1) is 0 Å². The highest BCUT2D eigenvalue weighted by Crippen LogP contribution is 1.99. The third-order valence-corrected chi connectivity index (χ3v) is 1.70. The number of hydrogen-bond donors (Lipinski definition) is 0. The minimum atomic E-state index is 1.02. The first kappa shape index (κ1) is 9.05. The number of allylic oxidation sites excluding steroid dienone is 8. The summed E-state index contributed by atoms with van der Waals surface area (Å²) in [4.78, 5) is 0. The van der Waals surface area contributed by atoms with Gasteiger partial charge in [-0.25, -0.2) is 0 Å². The van der Waals surface area contributed by atoms with Crippen molar-refractivity contribution >= 4 is 0 Å². The Morgan fingerprint density at radius 2 is 1.75 bits per heavy atom. The fourth-order valence-electron chi connectivity index (χ4n) is 1.03. The fourth-order valence-corrected chi connectivity index (χ4v) is 1.03. The quantitative estimate of drug-likeness (QED) is 0.506. The average Bonchev–Trinajstić information content (AvgIpc) is 2.05. The molecular formula is C12H15. The first-order valence-corrected chi connectivity index (χ1v) is 4.53. The van der Waals surface area contributed by atoms with Crippen LogP contribution < -0.4 is 0 Å². The maximum absolute atomic E-state index is 3.23. The Morgan fingerprint density at radius 1 is 0.917 bits per heavy atom. The molecule has 0 spiro atoms. The molecule has 0 aromatic heterocycles. The molecule has 0 nitrogen and oxygen atoms in total. The summed E-state index contributed by atoms with van der Waals surface area (Å²) in [5.41, 5.74) is 0. The molecule has 0 bridgehead atoms. The van der Waals surface area contributed by atoms with Crippen LogP contribution in [0.3, 0.4) is 0 Å². The second-order valence-corrected chi connectivity index (χ2v) is 2.78. The van der Waals surface area contributed by atoms with Crippen LogP contribution in [0.2, 0.25) is 0 Å². The van der Waals surface area contributed by atoms with E-state index in [9.17, 15) is 0 Å². The normalized spacial score (nSPS) is 29.3. The Balaban J connectivity index is 2.42. The first-order chi connectivity index (χ1) is 6.00. The summed E-state index contributed by atoms with van der Waals surface area (Å²) in [5.74, 6) is 0. The molecule has 63 valence electrons. The molecular weight excluding hydrogens is 144 g/mol. The molecule has 1 aliphatic carbocycles. The largest absolute Gasteiger partial charge is 0.0845 e. The molecule has 0 saturated carbocycles. The summed E-state index contributed by atoms with van der Waals surface area (Å²) in [6.45, 7) is 0. The van der Waals surface area contributed by atoms with Crippen LogP contribution >= 0.6 is 0 Å². The van der Waals surface area contributed by atoms with Crippen LogP contribution in [0.4, 0.5) is 0 Å². The van der Waals surface area contributed by atoms with E-state index in [1.165, 1.54) is 6.42 Å². The highest BCUT2D eigenvalue weighted by molar-refractivity contribution is 5.07. The van der Waals surface area contributed by atoms with Crippen LogP contribution in [0.1, 0.15) is 25.7 Å². The Labute approximate surface area is 75.0 Å². The molecule has 0 aromatic carbocycles. The molecule has 0 unspecified atom stereocenters. The summed E-state index contributed by atoms with van der Waals surface area (Å²) in [5, 5.41) is 0. The van der Waals surface area contributed by atoms with Crippen LogP contribution in [-0.4, -0.2) is 0 Å². The second kappa shape index (κ2) is 6.66. The van der Waals surface area contributed by atoms with Gasteiger partial charge in [0.2, 0.25) is 0 Å². The van der Waals surface area contributed by atoms with E-state index in [0.29, 0.717) is 0 Å². The van der Waals surface area contributed by atoms with Crippen molar-refractivity contribution in [2.75, 3.05) is 0 Å². The SMILES string of the molecule is [C]1=C\C=C\C/C=C\C=C\CCC/1. The Hall–Kier alpha value is -1.04. The minimum absolute atomic E-state index is 1.02. The lowest BCUT2D eigenvalue weighted by atomic mass is 10.2. The van der Waals surface area contributed by atoms with E-state index in [4.69, 9.17) is 0 Å². The topological polar surface area (TPSA) is 0 Å². The van der Waals surface area contributed by atoms with Crippen molar-refractivity contribution in [3.05, 3.63) is 48.6 Å². The van der Waals surface area contributed by atoms with E-state index < -0.39 is 0 Å². The van der Waals surface area contributed by atoms with Crippen molar-refractivity contribution < 1.29 is 0 Å². The molecule has 0 atom stereocenters. The maximum atomic E-state index is 3.23. The van der Waals surface area contributed by atoms with Crippen molar-refractivity contribution in [3.63, 3.8) is 0 Å². The molecule has 1 aliphatic rings. The third kappa shape index (κ3) is 4.73. The predicted molar refractivity (Wildman–Crippen MR) is 53.7 cm³/mol. The number of hydrogen-bond acceptors (Lipinski definition) is 0. The summed E-state index contributed by atoms with van der Waals surface area (Å²) in [7, 11) is 0. The third-order valence-electron chi connectivity index (χ3n) is 1.70. The van der Waals surface area contributed by atoms with Gasteiger partial charge < -0.3 is 0 Å². The standard InChI is InChI=1S/C12H15/c1-2-4-6-8-10-12-11-9-7-5-3-1/h1-4,7,9,11H,5-6,8,10H2/b3-1-,4-2+,9-7+,12-11?. The van der Waals surface area contributed by atoms with E-state index >= 15 is 0 Å². The fraction of sp³-hybridized carbons (Fsp3) is 0.333. The molecule has 1 rings (SSSR count). The zero-order chi connectivity index (χ0) is 8.49. The predicted octanol–water partition coefficient (Wildman–Crippen LogP) is 3.59. The van der Waals surface area contributed by atoms with Crippen LogP contribution in [0, 0.1) is 6.08 Å². The van der Waals surface area contributed by atoms with E-state index in [2.05, 4.69) is 42.5 Å². The van der Waals surface area contributed by atoms with Gasteiger partial charge in [-0.05, 0) is 31.8 Å². The lowest BCUT2D eigenvalue weighted by Gasteiger charge is -1.89. The van der Waals surface area contributed by atoms with Gasteiger partial charge in [0.25, 0.3) is 0 Å². The van der Waals surface area contributed by atoms with E-state index in [1.54, 1.807) is 0 Å². The van der Waals surface area contributed by atoms with E-state index in [-0.39, 0.29) is 0 Å². The lowest BCUT2D eigenvalue weighted by Crippen LogP contribution is -1.70. The number of rotatable bonds is 0. The summed E-state index contributed by atoms with van der Waals surface area (Å²) in [6.07, 6.45) is 22.5. The van der Waals surface area contributed by atoms with E-state index in [1.807, 2.05) is 6.08 Å². The molecule has 0 aromatic rings. The van der Waals surface area contributed by atoms with Gasteiger partial charge >= 0.3 is 0 Å². The summed E-state index contributed by atoms with van der Waals surface area (Å²) < 4.78 is 0. The Kier molecular flexibility index (Phi) is 5.02. The highest BCUT2D eigenvalue weighted by atomic mass is 13.9. The molecule has 1 radical (unpaired) electrons. The average molecular weight is 159 g/mol. The zero-order valence-corrected chi connectivity index (χ0v) is 7.37. The van der Waals surface area contributed by atoms with Crippen molar-refractivity contribution in [2.24, 2.45) is 0 Å². The van der Waals surface area contributed by atoms with Crippen LogP contribution in [-0.2, 0) is 0 Å². The summed E-state index contributed by atoms with van der Waals surface area (Å²) in [6, 6.07) is 0. The van der Waals surface area contributed by atoms with Crippen molar-refractivity contribution in [3.8, 4) is 0 Å². The molecule has 0 amide bonds. The molecule has 0 aliphatic heterocycles. The van der Waals surface area contributed by atoms with Crippen molar-refractivity contribution in [2.45, 2.75) is 25.7 Å². The van der Waals surface area contributed by atoms with Crippen LogP contribution in [0.5, 0.6) is 0 Å². The second-order valence-electron chi connectivity index (χ2n) is 2.78. The molecule has 12 heavy (non-hydrogen) atoms. The van der Waals surface area contributed by atoms with Gasteiger partial charge in [-0.2, -0.15) is 0 Å². The van der Waals surface area contributed by atoms with Crippen molar-refractivity contribution in [1.82, 2.24) is 0 Å². The first-order valence-electron chi connectivity index (χ1n) is 4.53. The van der Waals surface area contributed by atoms with Gasteiger partial charge in [-0.3, -0.25) is 0 Å². The maximum Gasteiger partial charge on any atom is -0.0163 e. The van der Waals surface area contributed by atoms with Crippen LogP contribution in [0.25, 0.3) is 0 Å². The van der Waals surface area contributed by atoms with Crippen molar-refractivity contribution in [1.29, 1.82) is 0 Å². The van der Waals surface area contributed by atoms with E-state index in [0.717, 1.165) is 19.3 Å². The minimum Gasteiger partial charge on any atom is -0.0845 e. The Bertz CT molecular complexity index is 182. The van der Waals surface area contributed by atoms with Crippen LogP contribution in [0.15, 0.2) is 42.5 Å². The van der Waals surface area contributed by atoms with Gasteiger partial charge in [0.05, 0.1) is 0 Å². The monoisotopic (exact) mass is 159 g/mol. The zero-order valence-electron chi connectivity index (χ0n) is 7.37. The molecule has 0 heteroatoms. The highest BCUT2D eigenvalue weighted by Gasteiger charge is 1.80. The molecule has 0 saturated heterocycles.